The molecule has 0 radical (unpaired) electrons. The van der Waals surface area contributed by atoms with Crippen molar-refractivity contribution >= 4 is 17.5 Å². The predicted octanol–water partition coefficient (Wildman–Crippen LogP) is 5.70. The highest BCUT2D eigenvalue weighted by atomic mass is 35.5. The quantitative estimate of drug-likeness (QED) is 0.717. The predicted molar refractivity (Wildman–Crippen MR) is 110 cm³/mol. The Balaban J connectivity index is 1.57. The highest BCUT2D eigenvalue weighted by molar-refractivity contribution is 6.32. The van der Waals surface area contributed by atoms with Crippen LogP contribution in [0, 0.1) is 0 Å². The van der Waals surface area contributed by atoms with Gasteiger partial charge in [-0.25, -0.2) is 0 Å². The largest absolute Gasteiger partial charge is 0.492 e. The summed E-state index contributed by atoms with van der Waals surface area (Å²) in [4.78, 5) is 13.0. The van der Waals surface area contributed by atoms with Crippen molar-refractivity contribution in [2.24, 2.45) is 0 Å². The maximum atomic E-state index is 13.0. The maximum absolute atomic E-state index is 13.0. The van der Waals surface area contributed by atoms with Gasteiger partial charge in [-0.1, -0.05) is 36.2 Å². The van der Waals surface area contributed by atoms with Crippen LogP contribution in [0.1, 0.15) is 67.4 Å². The van der Waals surface area contributed by atoms with Crippen LogP contribution >= 0.6 is 11.6 Å². The van der Waals surface area contributed by atoms with Crippen molar-refractivity contribution in [1.29, 1.82) is 0 Å². The molecule has 1 N–H and O–H groups in total. The molecule has 0 bridgehead atoms. The summed E-state index contributed by atoms with van der Waals surface area (Å²) in [7, 11) is 0. The average molecular weight is 400 g/mol. The van der Waals surface area contributed by atoms with Gasteiger partial charge in [0, 0.05) is 17.5 Å². The van der Waals surface area contributed by atoms with Crippen LogP contribution in [0.4, 0.5) is 0 Å². The molecule has 1 heterocycles. The molecule has 0 aromatic heterocycles. The number of nitrogens with one attached hydrogen (secondary N) is 1. The lowest BCUT2D eigenvalue weighted by molar-refractivity contribution is -0.00209. The molecule has 1 fully saturated rings. The summed E-state index contributed by atoms with van der Waals surface area (Å²) in [5.41, 5.74) is 1.42. The van der Waals surface area contributed by atoms with Crippen molar-refractivity contribution in [3.05, 3.63) is 58.6 Å². The van der Waals surface area contributed by atoms with Gasteiger partial charge in [-0.3, -0.25) is 4.79 Å². The first-order chi connectivity index (χ1) is 13.6. The summed E-state index contributed by atoms with van der Waals surface area (Å²) in [6, 6.07) is 13.2. The van der Waals surface area contributed by atoms with Crippen molar-refractivity contribution in [2.75, 3.05) is 6.61 Å². The number of rotatable bonds is 4. The number of carbonyl (C=O) groups excluding carboxylic acids is 1. The number of fused-ring (bicyclic) bond motifs is 1. The Bertz CT molecular complexity index is 861. The third kappa shape index (κ3) is 3.83. The van der Waals surface area contributed by atoms with Crippen molar-refractivity contribution in [2.45, 2.75) is 57.1 Å². The zero-order chi connectivity index (χ0) is 19.6. The Labute approximate surface area is 171 Å². The van der Waals surface area contributed by atoms with Crippen LogP contribution in [-0.2, 0) is 0 Å². The molecule has 1 aliphatic heterocycles. The first kappa shape index (κ1) is 19.1. The van der Waals surface area contributed by atoms with E-state index in [4.69, 9.17) is 21.1 Å². The highest BCUT2D eigenvalue weighted by Gasteiger charge is 2.42. The standard InChI is InChI=1S/C23H26ClNO3/c1-2-27-21-11-10-16(14-18(21)24)22(26)25-19-15-23(12-6-3-7-13-23)28-20-9-5-4-8-17(19)20/h4-5,8-11,14,19H,2-3,6-7,12-13,15H2,1H3,(H,25,26)/t19-/m1/s1. The van der Waals surface area contributed by atoms with E-state index in [-0.39, 0.29) is 17.6 Å². The molecule has 28 heavy (non-hydrogen) atoms. The van der Waals surface area contributed by atoms with Gasteiger partial charge in [-0.15, -0.1) is 0 Å². The first-order valence-corrected chi connectivity index (χ1v) is 10.5. The van der Waals surface area contributed by atoms with Gasteiger partial charge in [0.15, 0.2) is 0 Å². The molecule has 4 nitrogen and oxygen atoms in total. The van der Waals surface area contributed by atoms with Crippen molar-refractivity contribution in [3.8, 4) is 11.5 Å². The van der Waals surface area contributed by atoms with Crippen LogP contribution in [0.25, 0.3) is 0 Å². The number of ether oxygens (including phenoxy) is 2. The summed E-state index contributed by atoms with van der Waals surface area (Å²) >= 11 is 6.27. The summed E-state index contributed by atoms with van der Waals surface area (Å²) in [5, 5.41) is 3.67. The summed E-state index contributed by atoms with van der Waals surface area (Å²) < 4.78 is 11.9. The second kappa shape index (κ2) is 8.04. The average Bonchev–Trinajstić information content (AvgIpc) is 2.70. The number of para-hydroxylation sites is 1. The summed E-state index contributed by atoms with van der Waals surface area (Å²) in [5.74, 6) is 1.36. The Morgan fingerprint density at radius 1 is 1.21 bits per heavy atom. The highest BCUT2D eigenvalue weighted by Crippen LogP contribution is 2.46. The Hall–Kier alpha value is -2.20. The summed E-state index contributed by atoms with van der Waals surface area (Å²) in [6.07, 6.45) is 6.51. The molecule has 4 rings (SSSR count). The van der Waals surface area contributed by atoms with E-state index >= 15 is 0 Å². The monoisotopic (exact) mass is 399 g/mol. The van der Waals surface area contributed by atoms with Gasteiger partial charge in [0.05, 0.1) is 17.7 Å². The third-order valence-corrected chi connectivity index (χ3v) is 6.06. The van der Waals surface area contributed by atoms with E-state index in [9.17, 15) is 4.79 Å². The smallest absolute Gasteiger partial charge is 0.251 e. The number of benzene rings is 2. The van der Waals surface area contributed by atoms with Crippen LogP contribution in [-0.4, -0.2) is 18.1 Å². The van der Waals surface area contributed by atoms with E-state index in [1.807, 2.05) is 31.2 Å². The minimum absolute atomic E-state index is 0.0686. The Morgan fingerprint density at radius 2 is 2.00 bits per heavy atom. The third-order valence-electron chi connectivity index (χ3n) is 5.76. The fourth-order valence-corrected chi connectivity index (χ4v) is 4.64. The number of amides is 1. The van der Waals surface area contributed by atoms with Crippen molar-refractivity contribution in [3.63, 3.8) is 0 Å². The Kier molecular flexibility index (Phi) is 5.49. The molecule has 0 saturated heterocycles. The van der Waals surface area contributed by atoms with Gasteiger partial charge >= 0.3 is 0 Å². The fourth-order valence-electron chi connectivity index (χ4n) is 4.41. The molecular formula is C23H26ClNO3. The van der Waals surface area contributed by atoms with Crippen molar-refractivity contribution in [1.82, 2.24) is 5.32 Å². The van der Waals surface area contributed by atoms with Gasteiger partial charge < -0.3 is 14.8 Å². The molecule has 0 unspecified atom stereocenters. The molecule has 148 valence electrons. The molecule has 5 heteroatoms. The first-order valence-electron chi connectivity index (χ1n) is 10.1. The van der Waals surface area contributed by atoms with E-state index < -0.39 is 0 Å². The van der Waals surface area contributed by atoms with Gasteiger partial charge in [0.25, 0.3) is 5.91 Å². The molecular weight excluding hydrogens is 374 g/mol. The number of hydrogen-bond donors (Lipinski definition) is 1. The van der Waals surface area contributed by atoms with Gasteiger partial charge in [0.1, 0.15) is 17.1 Å². The van der Waals surface area contributed by atoms with Crippen LogP contribution in [0.3, 0.4) is 0 Å². The molecule has 1 aliphatic carbocycles. The molecule has 1 saturated carbocycles. The zero-order valence-electron chi connectivity index (χ0n) is 16.2. The second-order valence-corrected chi connectivity index (χ2v) is 8.10. The van der Waals surface area contributed by atoms with E-state index in [1.165, 1.54) is 19.3 Å². The summed E-state index contributed by atoms with van der Waals surface area (Å²) in [6.45, 7) is 2.44. The zero-order valence-corrected chi connectivity index (χ0v) is 16.9. The van der Waals surface area contributed by atoms with Crippen LogP contribution in [0.15, 0.2) is 42.5 Å². The molecule has 2 aliphatic rings. The lowest BCUT2D eigenvalue weighted by Gasteiger charge is -2.44. The van der Waals surface area contributed by atoms with Gasteiger partial charge in [-0.2, -0.15) is 0 Å². The van der Waals surface area contributed by atoms with E-state index in [2.05, 4.69) is 5.32 Å². The number of halogens is 1. The fraction of sp³-hybridized carbons (Fsp3) is 0.435. The van der Waals surface area contributed by atoms with E-state index in [0.717, 1.165) is 30.6 Å². The van der Waals surface area contributed by atoms with Crippen LogP contribution in [0.5, 0.6) is 11.5 Å². The lowest BCUT2D eigenvalue weighted by Crippen LogP contribution is -2.46. The van der Waals surface area contributed by atoms with Crippen LogP contribution in [0.2, 0.25) is 5.02 Å². The molecule has 2 aromatic rings. The minimum atomic E-state index is -0.166. The van der Waals surface area contributed by atoms with Gasteiger partial charge in [0.2, 0.25) is 0 Å². The normalized spacial score (nSPS) is 20.1. The van der Waals surface area contributed by atoms with Crippen molar-refractivity contribution < 1.29 is 14.3 Å². The molecule has 1 spiro atoms. The van der Waals surface area contributed by atoms with E-state index in [0.29, 0.717) is 22.9 Å². The lowest BCUT2D eigenvalue weighted by atomic mass is 9.77. The maximum Gasteiger partial charge on any atom is 0.251 e. The van der Waals surface area contributed by atoms with Gasteiger partial charge in [-0.05, 0) is 56.9 Å². The SMILES string of the molecule is CCOc1ccc(C(=O)N[C@@H]2CC3(CCCCC3)Oc3ccccc32)cc1Cl. The number of carbonyl (C=O) groups is 1. The van der Waals surface area contributed by atoms with E-state index in [1.54, 1.807) is 18.2 Å². The minimum Gasteiger partial charge on any atom is -0.492 e. The van der Waals surface area contributed by atoms with Crippen LogP contribution < -0.4 is 14.8 Å². The second-order valence-electron chi connectivity index (χ2n) is 7.69. The topological polar surface area (TPSA) is 47.6 Å². The molecule has 2 aromatic carbocycles. The number of hydrogen-bond acceptors (Lipinski definition) is 3. The molecule has 1 atom stereocenters. The Morgan fingerprint density at radius 3 is 2.75 bits per heavy atom. The molecule has 1 amide bonds.